The second-order valence-corrected chi connectivity index (χ2v) is 4.98. The Hall–Kier alpha value is -0.560. The minimum absolute atomic E-state index is 0.888. The molecule has 3 atom stereocenters. The van der Waals surface area contributed by atoms with Crippen LogP contribution in [0.4, 0.5) is 0 Å². The lowest BCUT2D eigenvalue weighted by Crippen LogP contribution is -2.25. The van der Waals surface area contributed by atoms with Crippen LogP contribution in [0.3, 0.4) is 0 Å². The van der Waals surface area contributed by atoms with Gasteiger partial charge in [-0.05, 0) is 51.0 Å². The normalized spacial score (nSPS) is 33.7. The zero-order chi connectivity index (χ0) is 9.97. The van der Waals surface area contributed by atoms with Crippen LogP contribution in [0.2, 0.25) is 0 Å². The van der Waals surface area contributed by atoms with Crippen LogP contribution >= 0.6 is 0 Å². The monoisotopic (exact) mass is 191 g/mol. The average Bonchev–Trinajstić information content (AvgIpc) is 2.73. The molecule has 3 unspecified atom stereocenters. The third-order valence-electron chi connectivity index (χ3n) is 3.48. The molecular formula is C13H21N. The summed E-state index contributed by atoms with van der Waals surface area (Å²) in [5.41, 5.74) is 1.41. The van der Waals surface area contributed by atoms with Gasteiger partial charge >= 0.3 is 0 Å². The summed E-state index contributed by atoms with van der Waals surface area (Å²) in [5.74, 6) is 2.71. The third-order valence-corrected chi connectivity index (χ3v) is 3.48. The van der Waals surface area contributed by atoms with Crippen molar-refractivity contribution in [1.29, 1.82) is 0 Å². The van der Waals surface area contributed by atoms with Crippen molar-refractivity contribution in [3.05, 3.63) is 23.8 Å². The Morgan fingerprint density at radius 3 is 2.79 bits per heavy atom. The molecule has 14 heavy (non-hydrogen) atoms. The van der Waals surface area contributed by atoms with Crippen molar-refractivity contribution in [3.8, 4) is 0 Å². The quantitative estimate of drug-likeness (QED) is 0.532. The largest absolute Gasteiger partial charge is 0.313 e. The molecule has 1 saturated carbocycles. The van der Waals surface area contributed by atoms with E-state index in [1.165, 1.54) is 25.0 Å². The van der Waals surface area contributed by atoms with Crippen molar-refractivity contribution in [2.75, 3.05) is 13.1 Å². The average molecular weight is 191 g/mol. The lowest BCUT2D eigenvalue weighted by atomic mass is 9.94. The summed E-state index contributed by atoms with van der Waals surface area (Å²) in [6, 6.07) is 0. The number of rotatable bonds is 4. The first-order valence-corrected chi connectivity index (χ1v) is 5.78. The van der Waals surface area contributed by atoms with Crippen LogP contribution in [0.25, 0.3) is 0 Å². The highest BCUT2D eigenvalue weighted by atomic mass is 14.9. The highest BCUT2D eigenvalue weighted by Crippen LogP contribution is 2.42. The highest BCUT2D eigenvalue weighted by Gasteiger charge is 2.34. The molecule has 2 rings (SSSR count). The Morgan fingerprint density at radius 1 is 1.36 bits per heavy atom. The van der Waals surface area contributed by atoms with Gasteiger partial charge in [0, 0.05) is 6.54 Å². The van der Waals surface area contributed by atoms with E-state index in [0.29, 0.717) is 0 Å². The van der Waals surface area contributed by atoms with E-state index >= 15 is 0 Å². The van der Waals surface area contributed by atoms with Gasteiger partial charge in [0.2, 0.25) is 0 Å². The van der Waals surface area contributed by atoms with Gasteiger partial charge in [-0.1, -0.05) is 23.8 Å². The van der Waals surface area contributed by atoms with Crippen molar-refractivity contribution < 1.29 is 0 Å². The lowest BCUT2D eigenvalue weighted by Gasteiger charge is -2.17. The topological polar surface area (TPSA) is 12.0 Å². The summed E-state index contributed by atoms with van der Waals surface area (Å²) in [6.45, 7) is 6.55. The molecule has 2 aliphatic rings. The molecule has 0 aromatic carbocycles. The van der Waals surface area contributed by atoms with E-state index in [0.717, 1.165) is 24.3 Å². The Bertz CT molecular complexity index is 248. The predicted molar refractivity (Wildman–Crippen MR) is 61.1 cm³/mol. The highest BCUT2D eigenvalue weighted by molar-refractivity contribution is 5.10. The van der Waals surface area contributed by atoms with Crippen LogP contribution in [0.5, 0.6) is 0 Å². The van der Waals surface area contributed by atoms with Gasteiger partial charge in [-0.15, -0.1) is 0 Å². The fourth-order valence-corrected chi connectivity index (χ4v) is 2.67. The maximum Gasteiger partial charge on any atom is 0.0137 e. The molecule has 1 heteroatoms. The molecule has 0 aliphatic heterocycles. The SMILES string of the molecule is CC(C)=CCNCC1CC2C=CC1C2. The van der Waals surface area contributed by atoms with Gasteiger partial charge in [0.1, 0.15) is 0 Å². The predicted octanol–water partition coefficient (Wildman–Crippen LogP) is 2.75. The molecule has 0 amide bonds. The summed E-state index contributed by atoms with van der Waals surface area (Å²) >= 11 is 0. The van der Waals surface area contributed by atoms with E-state index in [2.05, 4.69) is 37.4 Å². The van der Waals surface area contributed by atoms with Crippen molar-refractivity contribution in [3.63, 3.8) is 0 Å². The number of allylic oxidation sites excluding steroid dienone is 3. The third kappa shape index (κ3) is 2.27. The van der Waals surface area contributed by atoms with Gasteiger partial charge in [0.25, 0.3) is 0 Å². The fraction of sp³-hybridized carbons (Fsp3) is 0.692. The molecule has 0 aromatic rings. The van der Waals surface area contributed by atoms with E-state index < -0.39 is 0 Å². The Labute approximate surface area is 87.3 Å². The van der Waals surface area contributed by atoms with E-state index in [4.69, 9.17) is 0 Å². The maximum absolute atomic E-state index is 3.53. The molecule has 1 N–H and O–H groups in total. The molecular weight excluding hydrogens is 170 g/mol. The van der Waals surface area contributed by atoms with E-state index in [1.54, 1.807) is 0 Å². The van der Waals surface area contributed by atoms with E-state index in [1.807, 2.05) is 0 Å². The van der Waals surface area contributed by atoms with Gasteiger partial charge in [-0.2, -0.15) is 0 Å². The van der Waals surface area contributed by atoms with Crippen LogP contribution in [0, 0.1) is 17.8 Å². The molecule has 0 spiro atoms. The van der Waals surface area contributed by atoms with Gasteiger partial charge in [0.15, 0.2) is 0 Å². The molecule has 2 aliphatic carbocycles. The molecule has 1 nitrogen and oxygen atoms in total. The molecule has 0 aromatic heterocycles. The smallest absolute Gasteiger partial charge is 0.0137 e. The minimum atomic E-state index is 0.888. The molecule has 0 radical (unpaired) electrons. The number of nitrogens with one attached hydrogen (secondary N) is 1. The Balaban J connectivity index is 1.67. The first-order chi connectivity index (χ1) is 6.75. The van der Waals surface area contributed by atoms with E-state index in [9.17, 15) is 0 Å². The summed E-state index contributed by atoms with van der Waals surface area (Å²) in [5, 5.41) is 3.53. The summed E-state index contributed by atoms with van der Waals surface area (Å²) in [6.07, 6.45) is 9.96. The van der Waals surface area contributed by atoms with E-state index in [-0.39, 0.29) is 0 Å². The van der Waals surface area contributed by atoms with Gasteiger partial charge in [0.05, 0.1) is 0 Å². The number of fused-ring (bicyclic) bond motifs is 2. The van der Waals surface area contributed by atoms with Crippen LogP contribution in [-0.4, -0.2) is 13.1 Å². The van der Waals surface area contributed by atoms with Crippen LogP contribution in [-0.2, 0) is 0 Å². The Morgan fingerprint density at radius 2 is 2.21 bits per heavy atom. The van der Waals surface area contributed by atoms with Crippen molar-refractivity contribution in [1.82, 2.24) is 5.32 Å². The van der Waals surface area contributed by atoms with Crippen LogP contribution in [0.15, 0.2) is 23.8 Å². The molecule has 0 heterocycles. The van der Waals surface area contributed by atoms with Crippen molar-refractivity contribution in [2.24, 2.45) is 17.8 Å². The second kappa shape index (κ2) is 4.31. The van der Waals surface area contributed by atoms with Gasteiger partial charge < -0.3 is 5.32 Å². The molecule has 0 saturated heterocycles. The first-order valence-electron chi connectivity index (χ1n) is 5.78. The van der Waals surface area contributed by atoms with Crippen molar-refractivity contribution >= 4 is 0 Å². The molecule has 1 fully saturated rings. The zero-order valence-corrected chi connectivity index (χ0v) is 9.29. The minimum Gasteiger partial charge on any atom is -0.313 e. The van der Waals surface area contributed by atoms with Crippen LogP contribution < -0.4 is 5.32 Å². The lowest BCUT2D eigenvalue weighted by molar-refractivity contribution is 0.423. The summed E-state index contributed by atoms with van der Waals surface area (Å²) in [4.78, 5) is 0. The fourth-order valence-electron chi connectivity index (χ4n) is 2.67. The standard InChI is InChI=1S/C13H21N/c1-10(2)5-6-14-9-13-8-11-3-4-12(13)7-11/h3-5,11-14H,6-9H2,1-2H3. The van der Waals surface area contributed by atoms with Gasteiger partial charge in [-0.3, -0.25) is 0 Å². The maximum atomic E-state index is 3.53. The Kier molecular flexibility index (Phi) is 3.07. The number of hydrogen-bond acceptors (Lipinski definition) is 1. The second-order valence-electron chi connectivity index (χ2n) is 4.98. The first kappa shape index (κ1) is 9.97. The van der Waals surface area contributed by atoms with Crippen molar-refractivity contribution in [2.45, 2.75) is 26.7 Å². The summed E-state index contributed by atoms with van der Waals surface area (Å²) in [7, 11) is 0. The molecule has 2 bridgehead atoms. The zero-order valence-electron chi connectivity index (χ0n) is 9.29. The number of hydrogen-bond donors (Lipinski definition) is 1. The van der Waals surface area contributed by atoms with Crippen LogP contribution in [0.1, 0.15) is 26.7 Å². The summed E-state index contributed by atoms with van der Waals surface area (Å²) < 4.78 is 0. The molecule has 78 valence electrons. The van der Waals surface area contributed by atoms with Gasteiger partial charge in [-0.25, -0.2) is 0 Å².